The number of thiazole rings is 1. The molecular weight excluding hydrogens is 380 g/mol. The molecule has 3 rings (SSSR count). The summed E-state index contributed by atoms with van der Waals surface area (Å²) in [5.74, 6) is 0.809. The number of hydrogen-bond acceptors (Lipinski definition) is 4. The maximum Gasteiger partial charge on any atom is 0.279 e. The molecule has 26 heavy (non-hydrogen) atoms. The van der Waals surface area contributed by atoms with Crippen LogP contribution in [0.5, 0.6) is 0 Å². The van der Waals surface area contributed by atoms with Crippen LogP contribution in [0.2, 0.25) is 0 Å². The average Bonchev–Trinajstić information content (AvgIpc) is 3.02. The van der Waals surface area contributed by atoms with Crippen molar-refractivity contribution >= 4 is 51.0 Å². The van der Waals surface area contributed by atoms with Crippen LogP contribution in [0.1, 0.15) is 22.8 Å². The maximum absolute atomic E-state index is 12.7. The van der Waals surface area contributed by atoms with Gasteiger partial charge >= 0.3 is 0 Å². The molecule has 1 aromatic heterocycles. The number of amides is 1. The summed E-state index contributed by atoms with van der Waals surface area (Å²) in [6, 6.07) is 14.2. The average molecular weight is 403 g/mol. The van der Waals surface area contributed by atoms with Gasteiger partial charge in [-0.1, -0.05) is 24.3 Å². The van der Waals surface area contributed by atoms with E-state index < -0.39 is 0 Å². The third-order valence-corrected chi connectivity index (χ3v) is 6.58. The molecule has 0 fully saturated rings. The van der Waals surface area contributed by atoms with Gasteiger partial charge in [-0.25, -0.2) is 0 Å². The number of aryl methyl sites for hydroxylation is 2. The Hall–Kier alpha value is -1.50. The van der Waals surface area contributed by atoms with Gasteiger partial charge in [0.25, 0.3) is 5.91 Å². The minimum atomic E-state index is -0.183. The van der Waals surface area contributed by atoms with E-state index in [1.165, 1.54) is 10.3 Å². The van der Waals surface area contributed by atoms with E-state index in [0.29, 0.717) is 5.56 Å². The number of carbonyl (C=O) groups is 1. The predicted molar refractivity (Wildman–Crippen MR) is 116 cm³/mol. The first-order chi connectivity index (χ1) is 12.7. The number of carbonyl (C=O) groups excluding carboxylic acids is 1. The van der Waals surface area contributed by atoms with E-state index in [2.05, 4.69) is 40.9 Å². The Morgan fingerprint density at radius 2 is 1.92 bits per heavy atom. The lowest BCUT2D eigenvalue weighted by Crippen LogP contribution is -2.18. The fourth-order valence-corrected chi connectivity index (χ4v) is 4.60. The van der Waals surface area contributed by atoms with Gasteiger partial charge in [-0.05, 0) is 60.9 Å². The van der Waals surface area contributed by atoms with Gasteiger partial charge in [0.1, 0.15) is 0 Å². The van der Waals surface area contributed by atoms with Gasteiger partial charge < -0.3 is 4.57 Å². The second-order valence-electron chi connectivity index (χ2n) is 5.83. The quantitative estimate of drug-likeness (QED) is 0.539. The van der Waals surface area contributed by atoms with E-state index >= 15 is 0 Å². The van der Waals surface area contributed by atoms with Crippen LogP contribution in [0.25, 0.3) is 10.2 Å². The van der Waals surface area contributed by atoms with Crippen molar-refractivity contribution in [3.63, 3.8) is 0 Å². The van der Waals surface area contributed by atoms with E-state index in [0.717, 1.165) is 33.9 Å². The molecule has 0 radical (unpaired) electrons. The Morgan fingerprint density at radius 3 is 2.58 bits per heavy atom. The normalized spacial score (nSPS) is 12.0. The maximum atomic E-state index is 12.7. The lowest BCUT2D eigenvalue weighted by atomic mass is 10.2. The zero-order valence-electron chi connectivity index (χ0n) is 15.2. The Morgan fingerprint density at radius 1 is 1.15 bits per heavy atom. The van der Waals surface area contributed by atoms with E-state index in [9.17, 15) is 4.79 Å². The summed E-state index contributed by atoms with van der Waals surface area (Å²) in [6.45, 7) is 3.01. The molecule has 0 saturated heterocycles. The number of benzene rings is 2. The molecule has 1 amide bonds. The highest BCUT2D eigenvalue weighted by atomic mass is 32.2. The van der Waals surface area contributed by atoms with Crippen LogP contribution in [-0.2, 0) is 13.0 Å². The lowest BCUT2D eigenvalue weighted by molar-refractivity contribution is 0.0998. The summed E-state index contributed by atoms with van der Waals surface area (Å²) >= 11 is 5.06. The molecular formula is C20H22N2OS3. The standard InChI is InChI=1S/C20H22N2OS3/c1-4-14-5-10-17-18(13-14)26-20(22(17)11-12-24-2)21-19(23)15-6-8-16(25-3)9-7-15/h5-10,13H,4,11-12H2,1-3H3. The highest BCUT2D eigenvalue weighted by molar-refractivity contribution is 7.98. The molecule has 0 saturated carbocycles. The second-order valence-corrected chi connectivity index (χ2v) is 8.70. The smallest absolute Gasteiger partial charge is 0.279 e. The van der Waals surface area contributed by atoms with Gasteiger partial charge in [0.2, 0.25) is 0 Å². The van der Waals surface area contributed by atoms with Crippen LogP contribution in [0, 0.1) is 0 Å². The number of nitrogens with zero attached hydrogens (tertiary/aromatic N) is 2. The summed E-state index contributed by atoms with van der Waals surface area (Å²) < 4.78 is 3.36. The summed E-state index contributed by atoms with van der Waals surface area (Å²) in [5, 5.41) is 0. The Bertz CT molecular complexity index is 971. The first-order valence-electron chi connectivity index (χ1n) is 8.50. The summed E-state index contributed by atoms with van der Waals surface area (Å²) in [6.07, 6.45) is 5.13. The van der Waals surface area contributed by atoms with Gasteiger partial charge in [0.15, 0.2) is 4.80 Å². The van der Waals surface area contributed by atoms with Crippen molar-refractivity contribution in [2.75, 3.05) is 18.3 Å². The molecule has 0 aliphatic rings. The van der Waals surface area contributed by atoms with E-state index in [1.807, 2.05) is 30.5 Å². The molecule has 3 aromatic rings. The highest BCUT2D eigenvalue weighted by Crippen LogP contribution is 2.20. The van der Waals surface area contributed by atoms with Gasteiger partial charge in [-0.2, -0.15) is 16.8 Å². The molecule has 0 bridgehead atoms. The van der Waals surface area contributed by atoms with Gasteiger partial charge in [0.05, 0.1) is 10.2 Å². The minimum Gasteiger partial charge on any atom is -0.316 e. The molecule has 0 spiro atoms. The minimum absolute atomic E-state index is 0.183. The van der Waals surface area contributed by atoms with Gasteiger partial charge in [0, 0.05) is 22.8 Å². The molecule has 6 heteroatoms. The summed E-state index contributed by atoms with van der Waals surface area (Å²) in [5.41, 5.74) is 3.10. The highest BCUT2D eigenvalue weighted by Gasteiger charge is 2.10. The predicted octanol–water partition coefficient (Wildman–Crippen LogP) is 5.09. The largest absolute Gasteiger partial charge is 0.316 e. The molecule has 0 atom stereocenters. The fraction of sp³-hybridized carbons (Fsp3) is 0.300. The Balaban J connectivity index is 2.05. The topological polar surface area (TPSA) is 34.4 Å². The number of hydrogen-bond donors (Lipinski definition) is 0. The van der Waals surface area contributed by atoms with Crippen LogP contribution in [0.15, 0.2) is 52.4 Å². The van der Waals surface area contributed by atoms with Gasteiger partial charge in [-0.15, -0.1) is 11.8 Å². The molecule has 0 N–H and O–H groups in total. The van der Waals surface area contributed by atoms with E-state index in [1.54, 1.807) is 34.9 Å². The van der Waals surface area contributed by atoms with Crippen LogP contribution in [0.3, 0.4) is 0 Å². The number of thioether (sulfide) groups is 2. The van der Waals surface area contributed by atoms with Crippen LogP contribution in [-0.4, -0.2) is 28.7 Å². The van der Waals surface area contributed by atoms with Crippen LogP contribution >= 0.6 is 34.9 Å². The zero-order chi connectivity index (χ0) is 18.5. The zero-order valence-corrected chi connectivity index (χ0v) is 17.6. The monoisotopic (exact) mass is 402 g/mol. The van der Waals surface area contributed by atoms with Crippen molar-refractivity contribution in [1.82, 2.24) is 4.57 Å². The first kappa shape index (κ1) is 19.3. The third-order valence-electron chi connectivity index (χ3n) is 4.21. The van der Waals surface area contributed by atoms with Crippen molar-refractivity contribution < 1.29 is 4.79 Å². The first-order valence-corrected chi connectivity index (χ1v) is 11.9. The van der Waals surface area contributed by atoms with Crippen molar-refractivity contribution in [1.29, 1.82) is 0 Å². The number of rotatable bonds is 6. The molecule has 1 heterocycles. The van der Waals surface area contributed by atoms with Crippen LogP contribution in [0.4, 0.5) is 0 Å². The van der Waals surface area contributed by atoms with Crippen molar-refractivity contribution in [3.05, 3.63) is 58.4 Å². The second kappa shape index (κ2) is 8.93. The molecule has 136 valence electrons. The SMILES string of the molecule is CCc1ccc2c(c1)sc(=NC(=O)c1ccc(SC)cc1)n2CCSC. The van der Waals surface area contributed by atoms with Gasteiger partial charge in [-0.3, -0.25) is 4.79 Å². The number of fused-ring (bicyclic) bond motifs is 1. The van der Waals surface area contributed by atoms with Crippen LogP contribution < -0.4 is 4.80 Å². The van der Waals surface area contributed by atoms with E-state index in [-0.39, 0.29) is 5.91 Å². The lowest BCUT2D eigenvalue weighted by Gasteiger charge is -2.04. The fourth-order valence-electron chi connectivity index (χ4n) is 2.71. The Kier molecular flexibility index (Phi) is 6.62. The molecule has 0 unspecified atom stereocenters. The molecule has 2 aromatic carbocycles. The Labute approximate surface area is 166 Å². The van der Waals surface area contributed by atoms with E-state index in [4.69, 9.17) is 0 Å². The molecule has 3 nitrogen and oxygen atoms in total. The summed E-state index contributed by atoms with van der Waals surface area (Å²) in [4.78, 5) is 19.0. The van der Waals surface area contributed by atoms with Crippen molar-refractivity contribution in [3.8, 4) is 0 Å². The van der Waals surface area contributed by atoms with Crippen molar-refractivity contribution in [2.45, 2.75) is 24.8 Å². The summed E-state index contributed by atoms with van der Waals surface area (Å²) in [7, 11) is 0. The molecule has 0 aliphatic carbocycles. The number of aromatic nitrogens is 1. The van der Waals surface area contributed by atoms with Crippen molar-refractivity contribution in [2.24, 2.45) is 4.99 Å². The molecule has 0 aliphatic heterocycles. The third kappa shape index (κ3) is 4.24.